The van der Waals surface area contributed by atoms with Gasteiger partial charge in [-0.3, -0.25) is 9.59 Å². The summed E-state index contributed by atoms with van der Waals surface area (Å²) in [5, 5.41) is 2.79. The van der Waals surface area contributed by atoms with Crippen LogP contribution < -0.4 is 10.1 Å². The first-order chi connectivity index (χ1) is 12.6. The maximum atomic E-state index is 12.1. The van der Waals surface area contributed by atoms with Crippen LogP contribution in [0, 0.1) is 0 Å². The van der Waals surface area contributed by atoms with E-state index in [0.717, 1.165) is 5.56 Å². The average molecular weight is 368 g/mol. The molecule has 0 radical (unpaired) electrons. The van der Waals surface area contributed by atoms with Gasteiger partial charge in [-0.2, -0.15) is 0 Å². The lowest BCUT2D eigenvalue weighted by atomic mass is 9.87. The van der Waals surface area contributed by atoms with Crippen LogP contribution in [0.3, 0.4) is 0 Å². The van der Waals surface area contributed by atoms with Crippen molar-refractivity contribution in [2.24, 2.45) is 0 Å². The van der Waals surface area contributed by atoms with Crippen molar-refractivity contribution in [3.8, 4) is 5.75 Å². The molecule has 2 rings (SSSR count). The Morgan fingerprint density at radius 1 is 0.963 bits per heavy atom. The summed E-state index contributed by atoms with van der Waals surface area (Å²) in [4.78, 5) is 25.3. The molecule has 1 N–H and O–H groups in total. The fourth-order valence-corrected chi connectivity index (χ4v) is 2.44. The number of rotatable bonds is 6. The number of carbonyl (C=O) groups excluding carboxylic acids is 2. The molecule has 2 aromatic carbocycles. The van der Waals surface area contributed by atoms with Gasteiger partial charge in [0.25, 0.3) is 5.91 Å². The molecule has 144 valence electrons. The molecule has 0 heterocycles. The highest BCUT2D eigenvalue weighted by Crippen LogP contribution is 2.24. The standard InChI is InChI=1S/C22H28N2O3/c1-22(2,3)17-8-12-19(13-9-17)27-15-20(25)23-18-10-6-16(7-11-18)14-21(26)24(4)5/h6-13H,14-15H2,1-5H3,(H,23,25). The summed E-state index contributed by atoms with van der Waals surface area (Å²) >= 11 is 0. The molecule has 5 nitrogen and oxygen atoms in total. The van der Waals surface area contributed by atoms with Crippen LogP contribution in [-0.2, 0) is 21.4 Å². The van der Waals surface area contributed by atoms with Crippen molar-refractivity contribution >= 4 is 17.5 Å². The van der Waals surface area contributed by atoms with Crippen molar-refractivity contribution in [3.05, 3.63) is 59.7 Å². The van der Waals surface area contributed by atoms with Gasteiger partial charge in [0.05, 0.1) is 6.42 Å². The van der Waals surface area contributed by atoms with Crippen molar-refractivity contribution in [1.82, 2.24) is 4.90 Å². The third kappa shape index (κ3) is 6.44. The lowest BCUT2D eigenvalue weighted by molar-refractivity contribution is -0.128. The van der Waals surface area contributed by atoms with Crippen LogP contribution >= 0.6 is 0 Å². The molecule has 0 spiro atoms. The number of hydrogen-bond donors (Lipinski definition) is 1. The van der Waals surface area contributed by atoms with Gasteiger partial charge in [0, 0.05) is 19.8 Å². The van der Waals surface area contributed by atoms with Gasteiger partial charge < -0.3 is 15.0 Å². The molecule has 2 amide bonds. The van der Waals surface area contributed by atoms with Crippen molar-refractivity contribution in [3.63, 3.8) is 0 Å². The van der Waals surface area contributed by atoms with Gasteiger partial charge >= 0.3 is 0 Å². The van der Waals surface area contributed by atoms with Gasteiger partial charge in [-0.15, -0.1) is 0 Å². The van der Waals surface area contributed by atoms with Gasteiger partial charge in [-0.1, -0.05) is 45.0 Å². The van der Waals surface area contributed by atoms with E-state index in [-0.39, 0.29) is 23.8 Å². The Morgan fingerprint density at radius 3 is 2.07 bits per heavy atom. The number of amides is 2. The second-order valence-electron chi connectivity index (χ2n) is 7.77. The number of anilines is 1. The van der Waals surface area contributed by atoms with Crippen LogP contribution in [0.2, 0.25) is 0 Å². The molecule has 0 aliphatic rings. The average Bonchev–Trinajstić information content (AvgIpc) is 2.61. The van der Waals surface area contributed by atoms with Gasteiger partial charge in [0.1, 0.15) is 5.75 Å². The Balaban J connectivity index is 1.84. The molecule has 0 aliphatic heterocycles. The van der Waals surface area contributed by atoms with E-state index in [9.17, 15) is 9.59 Å². The van der Waals surface area contributed by atoms with E-state index >= 15 is 0 Å². The molecular formula is C22H28N2O3. The molecule has 0 fully saturated rings. The first-order valence-corrected chi connectivity index (χ1v) is 8.97. The first kappa shape index (κ1) is 20.5. The summed E-state index contributed by atoms with van der Waals surface area (Å²) in [6.45, 7) is 6.39. The Labute approximate surface area is 161 Å². The maximum absolute atomic E-state index is 12.1. The monoisotopic (exact) mass is 368 g/mol. The molecule has 0 aromatic heterocycles. The number of carbonyl (C=O) groups is 2. The van der Waals surface area contributed by atoms with Crippen LogP contribution in [0.25, 0.3) is 0 Å². The largest absolute Gasteiger partial charge is 0.484 e. The number of likely N-dealkylation sites (N-methyl/N-ethyl adjacent to an activating group) is 1. The van der Waals surface area contributed by atoms with E-state index in [1.165, 1.54) is 5.56 Å². The Bertz CT molecular complexity index is 773. The summed E-state index contributed by atoms with van der Waals surface area (Å²) in [6, 6.07) is 15.0. The number of benzene rings is 2. The predicted octanol–water partition coefficient (Wildman–Crippen LogP) is 3.63. The minimum absolute atomic E-state index is 0.0395. The number of nitrogens with one attached hydrogen (secondary N) is 1. The van der Waals surface area contributed by atoms with Gasteiger partial charge in [0.15, 0.2) is 6.61 Å². The Hall–Kier alpha value is -2.82. The fraction of sp³-hybridized carbons (Fsp3) is 0.364. The quantitative estimate of drug-likeness (QED) is 0.847. The molecule has 0 aliphatic carbocycles. The van der Waals surface area contributed by atoms with E-state index < -0.39 is 0 Å². The molecule has 27 heavy (non-hydrogen) atoms. The molecule has 0 saturated heterocycles. The van der Waals surface area contributed by atoms with Gasteiger partial charge in [-0.05, 0) is 40.8 Å². The minimum atomic E-state index is -0.230. The van der Waals surface area contributed by atoms with Crippen LogP contribution in [0.1, 0.15) is 31.9 Å². The van der Waals surface area contributed by atoms with Gasteiger partial charge in [0.2, 0.25) is 5.91 Å². The summed E-state index contributed by atoms with van der Waals surface area (Å²) < 4.78 is 5.55. The van der Waals surface area contributed by atoms with Crippen molar-refractivity contribution in [2.75, 3.05) is 26.0 Å². The molecule has 0 saturated carbocycles. The normalized spacial score (nSPS) is 11.0. The van der Waals surface area contributed by atoms with Crippen molar-refractivity contribution in [1.29, 1.82) is 0 Å². The second-order valence-corrected chi connectivity index (χ2v) is 7.77. The summed E-state index contributed by atoms with van der Waals surface area (Å²) in [6.07, 6.45) is 0.342. The third-order valence-electron chi connectivity index (χ3n) is 4.18. The SMILES string of the molecule is CN(C)C(=O)Cc1ccc(NC(=O)COc2ccc(C(C)(C)C)cc2)cc1. The number of nitrogens with zero attached hydrogens (tertiary/aromatic N) is 1. The highest BCUT2D eigenvalue weighted by atomic mass is 16.5. The summed E-state index contributed by atoms with van der Waals surface area (Å²) in [5.74, 6) is 0.473. The fourth-order valence-electron chi connectivity index (χ4n) is 2.44. The van der Waals surface area contributed by atoms with Crippen molar-refractivity contribution in [2.45, 2.75) is 32.6 Å². The van der Waals surface area contributed by atoms with E-state index in [0.29, 0.717) is 17.9 Å². The van der Waals surface area contributed by atoms with E-state index in [1.54, 1.807) is 31.1 Å². The third-order valence-corrected chi connectivity index (χ3v) is 4.18. The summed E-state index contributed by atoms with van der Waals surface area (Å²) in [5.41, 5.74) is 2.88. The van der Waals surface area contributed by atoms with E-state index in [1.807, 2.05) is 36.4 Å². The number of ether oxygens (including phenoxy) is 1. The van der Waals surface area contributed by atoms with Crippen LogP contribution in [0.15, 0.2) is 48.5 Å². The second kappa shape index (κ2) is 8.71. The molecule has 5 heteroatoms. The van der Waals surface area contributed by atoms with Gasteiger partial charge in [-0.25, -0.2) is 0 Å². The predicted molar refractivity (Wildman–Crippen MR) is 108 cm³/mol. The zero-order chi connectivity index (χ0) is 20.0. The highest BCUT2D eigenvalue weighted by Gasteiger charge is 2.13. The van der Waals surface area contributed by atoms with Crippen LogP contribution in [0.4, 0.5) is 5.69 Å². The van der Waals surface area contributed by atoms with Crippen LogP contribution in [0.5, 0.6) is 5.75 Å². The molecule has 0 unspecified atom stereocenters. The Kier molecular flexibility index (Phi) is 6.61. The maximum Gasteiger partial charge on any atom is 0.262 e. The molecule has 0 atom stereocenters. The lowest BCUT2D eigenvalue weighted by Crippen LogP contribution is -2.23. The van der Waals surface area contributed by atoms with Crippen LogP contribution in [-0.4, -0.2) is 37.4 Å². The topological polar surface area (TPSA) is 58.6 Å². The molecule has 2 aromatic rings. The summed E-state index contributed by atoms with van der Waals surface area (Å²) in [7, 11) is 3.46. The van der Waals surface area contributed by atoms with E-state index in [2.05, 4.69) is 26.1 Å². The zero-order valence-electron chi connectivity index (χ0n) is 16.7. The van der Waals surface area contributed by atoms with Crippen molar-refractivity contribution < 1.29 is 14.3 Å². The van der Waals surface area contributed by atoms with E-state index in [4.69, 9.17) is 4.74 Å². The molecular weight excluding hydrogens is 340 g/mol. The number of hydrogen-bond acceptors (Lipinski definition) is 3. The Morgan fingerprint density at radius 2 is 1.56 bits per heavy atom. The smallest absolute Gasteiger partial charge is 0.262 e. The zero-order valence-corrected chi connectivity index (χ0v) is 16.7. The highest BCUT2D eigenvalue weighted by molar-refractivity contribution is 5.92. The first-order valence-electron chi connectivity index (χ1n) is 8.97. The lowest BCUT2D eigenvalue weighted by Gasteiger charge is -2.19. The molecule has 0 bridgehead atoms. The minimum Gasteiger partial charge on any atom is -0.484 e.